The van der Waals surface area contributed by atoms with E-state index in [1.54, 1.807) is 0 Å². The summed E-state index contributed by atoms with van der Waals surface area (Å²) in [6, 6.07) is 10.9. The molecule has 1 saturated heterocycles. The van der Waals surface area contributed by atoms with Gasteiger partial charge in [0.25, 0.3) is 0 Å². The van der Waals surface area contributed by atoms with Gasteiger partial charge in [0.2, 0.25) is 0 Å². The van der Waals surface area contributed by atoms with Gasteiger partial charge < -0.3 is 4.90 Å². The molecule has 1 aromatic rings. The van der Waals surface area contributed by atoms with Crippen molar-refractivity contribution in [2.45, 2.75) is 51.9 Å². The zero-order chi connectivity index (χ0) is 12.6. The first-order valence-electron chi connectivity index (χ1n) is 7.70. The first-order valence-corrected chi connectivity index (χ1v) is 7.70. The smallest absolute Gasteiger partial charge is 0.0366 e. The normalized spacial score (nSPS) is 17.1. The van der Waals surface area contributed by atoms with E-state index in [0.29, 0.717) is 0 Å². The summed E-state index contributed by atoms with van der Waals surface area (Å²) in [5.41, 5.74) is 1.40. The van der Waals surface area contributed by atoms with Crippen LogP contribution in [0.25, 0.3) is 0 Å². The number of unbranched alkanes of at least 4 members (excludes halogenated alkanes) is 3. The molecule has 1 heteroatoms. The van der Waals surface area contributed by atoms with E-state index in [4.69, 9.17) is 0 Å². The fraction of sp³-hybridized carbons (Fsp3) is 0.647. The van der Waals surface area contributed by atoms with Crippen LogP contribution in [0.2, 0.25) is 0 Å². The van der Waals surface area contributed by atoms with E-state index < -0.39 is 0 Å². The standard InChI is InChI=1S/C17H27N/c1-2-3-4-6-9-16-12-14-18(15-13-16)17-10-7-5-8-11-17/h5,7-8,10-11,16H,2-4,6,9,12-15H2,1H3. The maximum atomic E-state index is 2.54. The lowest BCUT2D eigenvalue weighted by Crippen LogP contribution is -2.33. The molecule has 0 bridgehead atoms. The van der Waals surface area contributed by atoms with Crippen molar-refractivity contribution in [3.05, 3.63) is 30.3 Å². The monoisotopic (exact) mass is 245 g/mol. The van der Waals surface area contributed by atoms with Crippen molar-refractivity contribution in [1.29, 1.82) is 0 Å². The summed E-state index contributed by atoms with van der Waals surface area (Å²) in [5.74, 6) is 0.988. The SMILES string of the molecule is CCCCCCC1CCN(c2ccccc2)CC1. The summed E-state index contributed by atoms with van der Waals surface area (Å²) in [6.07, 6.45) is 9.90. The van der Waals surface area contributed by atoms with Crippen LogP contribution in [-0.2, 0) is 0 Å². The van der Waals surface area contributed by atoms with Crippen LogP contribution in [0.5, 0.6) is 0 Å². The van der Waals surface area contributed by atoms with Gasteiger partial charge in [-0.05, 0) is 30.9 Å². The molecule has 2 rings (SSSR count). The zero-order valence-electron chi connectivity index (χ0n) is 11.8. The molecule has 0 N–H and O–H groups in total. The van der Waals surface area contributed by atoms with Gasteiger partial charge in [-0.15, -0.1) is 0 Å². The molecule has 0 saturated carbocycles. The lowest BCUT2D eigenvalue weighted by atomic mass is 9.91. The Labute approximate surface area is 112 Å². The molecular formula is C17H27N. The molecule has 1 aliphatic heterocycles. The van der Waals surface area contributed by atoms with Crippen molar-refractivity contribution in [2.75, 3.05) is 18.0 Å². The van der Waals surface area contributed by atoms with Crippen LogP contribution >= 0.6 is 0 Å². The van der Waals surface area contributed by atoms with Crippen molar-refractivity contribution in [3.63, 3.8) is 0 Å². The van der Waals surface area contributed by atoms with Crippen LogP contribution < -0.4 is 4.90 Å². The Balaban J connectivity index is 1.68. The summed E-state index contributed by atoms with van der Waals surface area (Å²) < 4.78 is 0. The minimum absolute atomic E-state index is 0.988. The van der Waals surface area contributed by atoms with E-state index in [0.717, 1.165) is 5.92 Å². The average Bonchev–Trinajstić information content (AvgIpc) is 2.45. The molecular weight excluding hydrogens is 218 g/mol. The molecule has 0 amide bonds. The number of hydrogen-bond acceptors (Lipinski definition) is 1. The van der Waals surface area contributed by atoms with E-state index in [2.05, 4.69) is 42.2 Å². The van der Waals surface area contributed by atoms with Gasteiger partial charge in [-0.25, -0.2) is 0 Å². The Kier molecular flexibility index (Phi) is 5.57. The number of nitrogens with zero attached hydrogens (tertiary/aromatic N) is 1. The van der Waals surface area contributed by atoms with Gasteiger partial charge >= 0.3 is 0 Å². The maximum Gasteiger partial charge on any atom is 0.0366 e. The molecule has 0 aromatic heterocycles. The summed E-state index contributed by atoms with van der Waals surface area (Å²) in [4.78, 5) is 2.54. The molecule has 1 nitrogen and oxygen atoms in total. The minimum Gasteiger partial charge on any atom is -0.372 e. The largest absolute Gasteiger partial charge is 0.372 e. The number of hydrogen-bond donors (Lipinski definition) is 0. The molecule has 100 valence electrons. The lowest BCUT2D eigenvalue weighted by Gasteiger charge is -2.33. The second kappa shape index (κ2) is 7.45. The Hall–Kier alpha value is -0.980. The van der Waals surface area contributed by atoms with Crippen LogP contribution in [-0.4, -0.2) is 13.1 Å². The molecule has 0 atom stereocenters. The third-order valence-electron chi connectivity index (χ3n) is 4.20. The van der Waals surface area contributed by atoms with Crippen LogP contribution in [0.3, 0.4) is 0 Å². The molecule has 18 heavy (non-hydrogen) atoms. The van der Waals surface area contributed by atoms with E-state index in [1.165, 1.54) is 63.7 Å². The molecule has 1 aromatic carbocycles. The maximum absolute atomic E-state index is 2.54. The third-order valence-corrected chi connectivity index (χ3v) is 4.20. The molecule has 1 fully saturated rings. The van der Waals surface area contributed by atoms with Gasteiger partial charge in [0.1, 0.15) is 0 Å². The quantitative estimate of drug-likeness (QED) is 0.646. The van der Waals surface area contributed by atoms with Crippen LogP contribution in [0, 0.1) is 5.92 Å². The van der Waals surface area contributed by atoms with Crippen molar-refractivity contribution in [1.82, 2.24) is 0 Å². The topological polar surface area (TPSA) is 3.24 Å². The first-order chi connectivity index (χ1) is 8.90. The van der Waals surface area contributed by atoms with Gasteiger partial charge in [-0.2, -0.15) is 0 Å². The Morgan fingerprint density at radius 1 is 1.00 bits per heavy atom. The van der Waals surface area contributed by atoms with E-state index in [1.807, 2.05) is 0 Å². The zero-order valence-corrected chi connectivity index (χ0v) is 11.8. The van der Waals surface area contributed by atoms with Crippen LogP contribution in [0.15, 0.2) is 30.3 Å². The average molecular weight is 245 g/mol. The number of para-hydroxylation sites is 1. The highest BCUT2D eigenvalue weighted by molar-refractivity contribution is 5.46. The van der Waals surface area contributed by atoms with Crippen molar-refractivity contribution in [2.24, 2.45) is 5.92 Å². The highest BCUT2D eigenvalue weighted by Gasteiger charge is 2.18. The van der Waals surface area contributed by atoms with E-state index in [9.17, 15) is 0 Å². The summed E-state index contributed by atoms with van der Waals surface area (Å²) in [6.45, 7) is 4.79. The van der Waals surface area contributed by atoms with E-state index in [-0.39, 0.29) is 0 Å². The molecule has 0 radical (unpaired) electrons. The Morgan fingerprint density at radius 2 is 1.72 bits per heavy atom. The van der Waals surface area contributed by atoms with Gasteiger partial charge in [-0.3, -0.25) is 0 Å². The van der Waals surface area contributed by atoms with Crippen LogP contribution in [0.1, 0.15) is 51.9 Å². The second-order valence-corrected chi connectivity index (χ2v) is 5.62. The van der Waals surface area contributed by atoms with Crippen molar-refractivity contribution < 1.29 is 0 Å². The number of rotatable bonds is 6. The number of piperidine rings is 1. The minimum atomic E-state index is 0.988. The lowest BCUT2D eigenvalue weighted by molar-refractivity contribution is 0.367. The molecule has 0 unspecified atom stereocenters. The van der Waals surface area contributed by atoms with Gasteiger partial charge in [0.05, 0.1) is 0 Å². The van der Waals surface area contributed by atoms with Gasteiger partial charge in [0.15, 0.2) is 0 Å². The predicted octanol–water partition coefficient (Wildman–Crippen LogP) is 4.87. The van der Waals surface area contributed by atoms with Crippen molar-refractivity contribution in [3.8, 4) is 0 Å². The molecule has 0 aliphatic carbocycles. The summed E-state index contributed by atoms with van der Waals surface area (Å²) in [7, 11) is 0. The first kappa shape index (κ1) is 13.5. The fourth-order valence-electron chi connectivity index (χ4n) is 2.98. The van der Waals surface area contributed by atoms with Gasteiger partial charge in [-0.1, -0.05) is 57.2 Å². The molecule has 1 aliphatic rings. The number of benzene rings is 1. The number of anilines is 1. The molecule has 1 heterocycles. The fourth-order valence-corrected chi connectivity index (χ4v) is 2.98. The highest BCUT2D eigenvalue weighted by Crippen LogP contribution is 2.26. The Morgan fingerprint density at radius 3 is 2.39 bits per heavy atom. The predicted molar refractivity (Wildman–Crippen MR) is 80.1 cm³/mol. The summed E-state index contributed by atoms with van der Waals surface area (Å²) >= 11 is 0. The molecule has 0 spiro atoms. The van der Waals surface area contributed by atoms with E-state index >= 15 is 0 Å². The Bertz CT molecular complexity index is 312. The van der Waals surface area contributed by atoms with Gasteiger partial charge in [0, 0.05) is 18.8 Å². The van der Waals surface area contributed by atoms with Crippen molar-refractivity contribution >= 4 is 5.69 Å². The van der Waals surface area contributed by atoms with Crippen LogP contribution in [0.4, 0.5) is 5.69 Å². The second-order valence-electron chi connectivity index (χ2n) is 5.62. The summed E-state index contributed by atoms with van der Waals surface area (Å²) in [5, 5.41) is 0. The highest BCUT2D eigenvalue weighted by atomic mass is 15.1. The third kappa shape index (κ3) is 4.04.